The van der Waals surface area contributed by atoms with Crippen LogP contribution in [0.1, 0.15) is 23.2 Å². The molecule has 1 fully saturated rings. The number of nitrogens with zero attached hydrogens (tertiary/aromatic N) is 5. The summed E-state index contributed by atoms with van der Waals surface area (Å²) in [5, 5.41) is 7.42. The van der Waals surface area contributed by atoms with Gasteiger partial charge in [0.1, 0.15) is 5.82 Å². The molecule has 2 amide bonds. The molecule has 1 aliphatic heterocycles. The van der Waals surface area contributed by atoms with Gasteiger partial charge in [-0.05, 0) is 43.2 Å². The first kappa shape index (κ1) is 19.1. The maximum Gasteiger partial charge on any atom is 0.255 e. The Bertz CT molecular complexity index is 989. The van der Waals surface area contributed by atoms with Crippen LogP contribution in [0.5, 0.6) is 0 Å². The largest absolute Gasteiger partial charge is 0.338 e. The molecule has 1 N–H and O–H groups in total. The molecule has 0 aliphatic carbocycles. The number of hydrogen-bond donors (Lipinski definition) is 1. The zero-order valence-electron chi connectivity index (χ0n) is 15.5. The van der Waals surface area contributed by atoms with Crippen LogP contribution in [0, 0.1) is 5.92 Å². The SMILES string of the molecule is O=C(Nc1ccc(Cl)cn1)C1CCCN(C(=O)c2ccc(-n3cccn3)nc2)C1. The highest BCUT2D eigenvalue weighted by molar-refractivity contribution is 6.30. The number of hydrogen-bond acceptors (Lipinski definition) is 5. The predicted molar refractivity (Wildman–Crippen MR) is 108 cm³/mol. The van der Waals surface area contributed by atoms with Gasteiger partial charge in [-0.3, -0.25) is 9.59 Å². The number of halogens is 1. The van der Waals surface area contributed by atoms with E-state index in [4.69, 9.17) is 11.6 Å². The number of nitrogens with one attached hydrogen (secondary N) is 1. The maximum atomic E-state index is 12.9. The first-order chi connectivity index (χ1) is 14.1. The molecular weight excluding hydrogens is 392 g/mol. The first-order valence-corrected chi connectivity index (χ1v) is 9.66. The van der Waals surface area contributed by atoms with Crippen molar-refractivity contribution >= 4 is 29.2 Å². The molecule has 0 radical (unpaired) electrons. The van der Waals surface area contributed by atoms with Gasteiger partial charge in [-0.1, -0.05) is 11.6 Å². The van der Waals surface area contributed by atoms with Crippen LogP contribution in [0.3, 0.4) is 0 Å². The third-order valence-corrected chi connectivity index (χ3v) is 5.02. The van der Waals surface area contributed by atoms with Gasteiger partial charge in [0.25, 0.3) is 5.91 Å². The molecule has 29 heavy (non-hydrogen) atoms. The van der Waals surface area contributed by atoms with Crippen LogP contribution < -0.4 is 5.32 Å². The van der Waals surface area contributed by atoms with E-state index in [0.29, 0.717) is 35.3 Å². The Hall–Kier alpha value is -3.26. The van der Waals surface area contributed by atoms with Gasteiger partial charge < -0.3 is 10.2 Å². The third kappa shape index (κ3) is 4.43. The molecule has 9 heteroatoms. The lowest BCUT2D eigenvalue weighted by Gasteiger charge is -2.32. The monoisotopic (exact) mass is 410 g/mol. The van der Waals surface area contributed by atoms with Crippen LogP contribution in [-0.2, 0) is 4.79 Å². The molecular formula is C20H19ClN6O2. The highest BCUT2D eigenvalue weighted by Crippen LogP contribution is 2.21. The Balaban J connectivity index is 1.40. The van der Waals surface area contributed by atoms with Crippen LogP contribution in [0.25, 0.3) is 5.82 Å². The lowest BCUT2D eigenvalue weighted by Crippen LogP contribution is -2.43. The van der Waals surface area contributed by atoms with Crippen molar-refractivity contribution in [3.63, 3.8) is 0 Å². The van der Waals surface area contributed by atoms with Gasteiger partial charge in [0.2, 0.25) is 5.91 Å². The highest BCUT2D eigenvalue weighted by Gasteiger charge is 2.29. The van der Waals surface area contributed by atoms with E-state index in [1.165, 1.54) is 6.20 Å². The smallest absolute Gasteiger partial charge is 0.255 e. The van der Waals surface area contributed by atoms with Gasteiger partial charge in [-0.2, -0.15) is 5.10 Å². The van der Waals surface area contributed by atoms with Crippen LogP contribution >= 0.6 is 11.6 Å². The molecule has 0 aromatic carbocycles. The lowest BCUT2D eigenvalue weighted by molar-refractivity contribution is -0.121. The van der Waals surface area contributed by atoms with Gasteiger partial charge in [0.05, 0.1) is 16.5 Å². The fourth-order valence-electron chi connectivity index (χ4n) is 3.29. The number of anilines is 1. The zero-order valence-corrected chi connectivity index (χ0v) is 16.3. The van der Waals surface area contributed by atoms with E-state index < -0.39 is 0 Å². The van der Waals surface area contributed by atoms with E-state index in [2.05, 4.69) is 20.4 Å². The van der Waals surface area contributed by atoms with Crippen molar-refractivity contribution in [1.29, 1.82) is 0 Å². The third-order valence-electron chi connectivity index (χ3n) is 4.79. The van der Waals surface area contributed by atoms with Crippen LogP contribution in [-0.4, -0.2) is 49.6 Å². The van der Waals surface area contributed by atoms with Crippen molar-refractivity contribution in [2.75, 3.05) is 18.4 Å². The minimum Gasteiger partial charge on any atom is -0.338 e. The van der Waals surface area contributed by atoms with E-state index in [9.17, 15) is 9.59 Å². The van der Waals surface area contributed by atoms with Crippen molar-refractivity contribution in [3.8, 4) is 5.82 Å². The topological polar surface area (TPSA) is 93.0 Å². The maximum absolute atomic E-state index is 12.9. The minimum absolute atomic E-state index is 0.133. The lowest BCUT2D eigenvalue weighted by atomic mass is 9.96. The summed E-state index contributed by atoms with van der Waals surface area (Å²) in [5.41, 5.74) is 0.487. The van der Waals surface area contributed by atoms with E-state index in [1.807, 2.05) is 0 Å². The Morgan fingerprint density at radius 3 is 2.72 bits per heavy atom. The van der Waals surface area contributed by atoms with Gasteiger partial charge in [-0.15, -0.1) is 0 Å². The molecule has 3 aromatic rings. The molecule has 1 atom stereocenters. The molecule has 148 valence electrons. The van der Waals surface area contributed by atoms with Crippen molar-refractivity contribution in [2.24, 2.45) is 5.92 Å². The Morgan fingerprint density at radius 2 is 2.03 bits per heavy atom. The van der Waals surface area contributed by atoms with Crippen molar-refractivity contribution in [1.82, 2.24) is 24.6 Å². The number of piperidine rings is 1. The minimum atomic E-state index is -0.290. The van der Waals surface area contributed by atoms with E-state index in [1.54, 1.807) is 58.5 Å². The summed E-state index contributed by atoms with van der Waals surface area (Å²) in [5.74, 6) is 0.511. The quantitative estimate of drug-likeness (QED) is 0.713. The summed E-state index contributed by atoms with van der Waals surface area (Å²) >= 11 is 5.82. The number of amides is 2. The Kier molecular flexibility index (Phi) is 5.53. The standard InChI is InChI=1S/C20H19ClN6O2/c21-16-5-6-17(22-12-16)25-19(28)15-3-1-9-26(13-15)20(29)14-4-7-18(23-11-14)27-10-2-8-24-27/h2,4-8,10-12,15H,1,3,9,13H2,(H,22,25,28). The van der Waals surface area contributed by atoms with Crippen molar-refractivity contribution in [3.05, 3.63) is 65.7 Å². The molecule has 0 saturated carbocycles. The second-order valence-electron chi connectivity index (χ2n) is 6.80. The van der Waals surface area contributed by atoms with Crippen LogP contribution in [0.4, 0.5) is 5.82 Å². The molecule has 0 bridgehead atoms. The zero-order chi connectivity index (χ0) is 20.2. The molecule has 4 rings (SSSR count). The fraction of sp³-hybridized carbons (Fsp3) is 0.250. The molecule has 4 heterocycles. The summed E-state index contributed by atoms with van der Waals surface area (Å²) < 4.78 is 1.63. The van der Waals surface area contributed by atoms with Gasteiger partial charge >= 0.3 is 0 Å². The Morgan fingerprint density at radius 1 is 1.14 bits per heavy atom. The molecule has 1 unspecified atom stereocenters. The van der Waals surface area contributed by atoms with Crippen LogP contribution in [0.2, 0.25) is 5.02 Å². The molecule has 8 nitrogen and oxygen atoms in total. The summed E-state index contributed by atoms with van der Waals surface area (Å²) in [7, 11) is 0. The highest BCUT2D eigenvalue weighted by atomic mass is 35.5. The second-order valence-corrected chi connectivity index (χ2v) is 7.23. The summed E-state index contributed by atoms with van der Waals surface area (Å²) in [6, 6.07) is 8.60. The van der Waals surface area contributed by atoms with Crippen molar-refractivity contribution in [2.45, 2.75) is 12.8 Å². The van der Waals surface area contributed by atoms with Gasteiger partial charge in [-0.25, -0.2) is 14.6 Å². The van der Waals surface area contributed by atoms with Gasteiger partial charge in [0, 0.05) is 37.9 Å². The van der Waals surface area contributed by atoms with Gasteiger partial charge in [0.15, 0.2) is 5.82 Å². The molecule has 1 saturated heterocycles. The van der Waals surface area contributed by atoms with Crippen molar-refractivity contribution < 1.29 is 9.59 Å². The molecule has 3 aromatic heterocycles. The Labute approximate surface area is 172 Å². The van der Waals surface area contributed by atoms with E-state index in [0.717, 1.165) is 12.8 Å². The molecule has 0 spiro atoms. The number of carbonyl (C=O) groups excluding carboxylic acids is 2. The number of pyridine rings is 2. The van der Waals surface area contributed by atoms with Crippen LogP contribution in [0.15, 0.2) is 55.1 Å². The molecule has 1 aliphatic rings. The number of rotatable bonds is 4. The average Bonchev–Trinajstić information content (AvgIpc) is 3.30. The second kappa shape index (κ2) is 8.40. The first-order valence-electron chi connectivity index (χ1n) is 9.28. The number of likely N-dealkylation sites (tertiary alicyclic amines) is 1. The fourth-order valence-corrected chi connectivity index (χ4v) is 3.40. The average molecular weight is 411 g/mol. The van der Waals surface area contributed by atoms with E-state index >= 15 is 0 Å². The van der Waals surface area contributed by atoms with E-state index in [-0.39, 0.29) is 17.7 Å². The summed E-state index contributed by atoms with van der Waals surface area (Å²) in [6.07, 6.45) is 7.96. The summed E-state index contributed by atoms with van der Waals surface area (Å²) in [4.78, 5) is 35.6. The normalized spacial score (nSPS) is 16.4. The number of carbonyl (C=O) groups is 2. The number of aromatic nitrogens is 4. The predicted octanol–water partition coefficient (Wildman–Crippen LogP) is 2.81. The summed E-state index contributed by atoms with van der Waals surface area (Å²) in [6.45, 7) is 0.974.